The molecule has 1 unspecified atom stereocenters. The molecule has 0 N–H and O–H groups in total. The maximum Gasteiger partial charge on any atom is 0.475 e. The van der Waals surface area contributed by atoms with E-state index >= 15 is 4.39 Å². The van der Waals surface area contributed by atoms with Gasteiger partial charge in [-0.25, -0.2) is 17.4 Å². The van der Waals surface area contributed by atoms with Crippen LogP contribution in [0.1, 0.15) is 31.8 Å². The van der Waals surface area contributed by atoms with Gasteiger partial charge < -0.3 is 4.90 Å². The number of amides is 1. The van der Waals surface area contributed by atoms with E-state index in [9.17, 15) is 62.1 Å². The first kappa shape index (κ1) is 35.3. The normalized spacial score (nSPS) is 13.5. The molecule has 3 aromatic rings. The highest BCUT2D eigenvalue weighted by molar-refractivity contribution is 14.1. The number of halogens is 13. The summed E-state index contributed by atoms with van der Waals surface area (Å²) in [6.07, 6.45) is -14.8. The van der Waals surface area contributed by atoms with Gasteiger partial charge in [0.2, 0.25) is 0 Å². The first-order chi connectivity index (χ1) is 20.0. The quantitative estimate of drug-likeness (QED) is 0.138. The van der Waals surface area contributed by atoms with E-state index in [0.29, 0.717) is 4.90 Å². The van der Waals surface area contributed by atoms with Crippen LogP contribution in [0, 0.1) is 15.2 Å². The number of alkyl halides is 10. The van der Waals surface area contributed by atoms with Crippen molar-refractivity contribution in [3.63, 3.8) is 0 Å². The van der Waals surface area contributed by atoms with E-state index in [-0.39, 0.29) is 11.6 Å². The monoisotopic (exact) mass is 775 g/mol. The number of hydrogen-bond acceptors (Lipinski definition) is 3. The molecule has 0 aliphatic carbocycles. The Morgan fingerprint density at radius 2 is 1.39 bits per heavy atom. The predicted molar refractivity (Wildman–Crippen MR) is 140 cm³/mol. The second-order valence-corrected chi connectivity index (χ2v) is 11.5. The smallest absolute Gasteiger partial charge is 0.309 e. The Kier molecular flexibility index (Phi) is 9.89. The first-order valence-electron chi connectivity index (χ1n) is 11.5. The lowest BCUT2D eigenvalue weighted by molar-refractivity contribution is -0.348. The van der Waals surface area contributed by atoms with Crippen molar-refractivity contribution in [2.45, 2.75) is 34.8 Å². The molecule has 18 heteroatoms. The van der Waals surface area contributed by atoms with Gasteiger partial charge in [0.05, 0.1) is 16.1 Å². The lowest BCUT2D eigenvalue weighted by atomic mass is 9.92. The molecule has 238 valence electrons. The molecule has 1 amide bonds. The van der Waals surface area contributed by atoms with Crippen molar-refractivity contribution < 1.29 is 66.5 Å². The van der Waals surface area contributed by atoms with Crippen LogP contribution in [0.2, 0.25) is 0 Å². The fraction of sp³-hybridized carbons (Fsp3) is 0.231. The van der Waals surface area contributed by atoms with Crippen molar-refractivity contribution >= 4 is 50.8 Å². The Morgan fingerprint density at radius 3 is 1.89 bits per heavy atom. The SMILES string of the molecule is CN(C(=O)c1ccc(F)cc1)c1cccc(C(=O)Cc2c(I)cc(C(F)(C(F)(F)F)C(F)(F)F)cc2S(=O)C(F)(F)F)c1F. The molecule has 0 heterocycles. The highest BCUT2D eigenvalue weighted by Crippen LogP contribution is 2.54. The summed E-state index contributed by atoms with van der Waals surface area (Å²) < 4.78 is 175. The zero-order chi connectivity index (χ0) is 33.6. The standard InChI is InChI=1S/C26H14F12INO3S/c1-40(22(42)12-5-7-14(27)8-6-12)18-4-2-3-15(21(18)28)19(41)11-16-17(39)9-13(10-20(16)44(43)26(36,37)38)23(29,24(30,31)32)25(33,34)35/h2-10H,11H2,1H3. The molecule has 3 rings (SSSR count). The third-order valence-corrected chi connectivity index (χ3v) is 8.26. The fourth-order valence-corrected chi connectivity index (χ4v) is 5.79. The van der Waals surface area contributed by atoms with E-state index in [1.807, 2.05) is 0 Å². The zero-order valence-electron chi connectivity index (χ0n) is 21.4. The average Bonchev–Trinajstić information content (AvgIpc) is 2.91. The highest BCUT2D eigenvalue weighted by Gasteiger charge is 2.73. The van der Waals surface area contributed by atoms with Gasteiger partial charge in [-0.05, 0) is 76.7 Å². The summed E-state index contributed by atoms with van der Waals surface area (Å²) in [5, 5.41) is 0. The summed E-state index contributed by atoms with van der Waals surface area (Å²) >= 11 is 0.937. The van der Waals surface area contributed by atoms with Crippen LogP contribution >= 0.6 is 22.6 Å². The van der Waals surface area contributed by atoms with Gasteiger partial charge in [0, 0.05) is 28.2 Å². The van der Waals surface area contributed by atoms with Crippen LogP contribution in [0.4, 0.5) is 58.4 Å². The molecule has 1 atom stereocenters. The maximum atomic E-state index is 15.4. The van der Waals surface area contributed by atoms with E-state index < -0.39 is 101 Å². The van der Waals surface area contributed by atoms with Crippen LogP contribution in [0.15, 0.2) is 59.5 Å². The van der Waals surface area contributed by atoms with Crippen molar-refractivity contribution in [3.8, 4) is 0 Å². The topological polar surface area (TPSA) is 54.5 Å². The molecule has 0 saturated carbocycles. The van der Waals surface area contributed by atoms with Crippen molar-refractivity contribution in [1.29, 1.82) is 0 Å². The van der Waals surface area contributed by atoms with Crippen LogP contribution in [-0.2, 0) is 22.9 Å². The minimum absolute atomic E-state index is 0.108. The lowest BCUT2D eigenvalue weighted by Crippen LogP contribution is -2.50. The molecule has 0 aromatic heterocycles. The van der Waals surface area contributed by atoms with Gasteiger partial charge in [0.1, 0.15) is 5.82 Å². The van der Waals surface area contributed by atoms with Crippen molar-refractivity contribution in [3.05, 3.63) is 92.1 Å². The Hall–Kier alpha value is -3.16. The van der Waals surface area contributed by atoms with Crippen LogP contribution in [-0.4, -0.2) is 40.8 Å². The predicted octanol–water partition coefficient (Wildman–Crippen LogP) is 8.19. The van der Waals surface area contributed by atoms with Crippen LogP contribution in [0.3, 0.4) is 0 Å². The molecule has 0 aliphatic rings. The summed E-state index contributed by atoms with van der Waals surface area (Å²) in [7, 11) is -3.31. The Bertz CT molecular complexity index is 1600. The number of rotatable bonds is 7. The highest BCUT2D eigenvalue weighted by atomic mass is 127. The van der Waals surface area contributed by atoms with Crippen LogP contribution in [0.5, 0.6) is 0 Å². The maximum absolute atomic E-state index is 15.4. The summed E-state index contributed by atoms with van der Waals surface area (Å²) in [4.78, 5) is 24.7. The zero-order valence-corrected chi connectivity index (χ0v) is 24.4. The van der Waals surface area contributed by atoms with Gasteiger partial charge in [0.25, 0.3) is 5.91 Å². The van der Waals surface area contributed by atoms with Crippen LogP contribution in [0.25, 0.3) is 0 Å². The first-order valence-corrected chi connectivity index (χ1v) is 13.7. The number of anilines is 1. The van der Waals surface area contributed by atoms with E-state index in [0.717, 1.165) is 72.1 Å². The second kappa shape index (κ2) is 12.3. The summed E-state index contributed by atoms with van der Waals surface area (Å²) in [5.74, 6) is -4.37. The molecule has 3 aromatic carbocycles. The Balaban J connectivity index is 2.12. The van der Waals surface area contributed by atoms with Crippen molar-refractivity contribution in [2.75, 3.05) is 11.9 Å². The van der Waals surface area contributed by atoms with E-state index in [1.165, 1.54) is 0 Å². The van der Waals surface area contributed by atoms with E-state index in [4.69, 9.17) is 0 Å². The minimum atomic E-state index is -6.72. The largest absolute Gasteiger partial charge is 0.475 e. The summed E-state index contributed by atoms with van der Waals surface area (Å²) in [6.45, 7) is 0. The number of hydrogen-bond donors (Lipinski definition) is 0. The number of ketones is 1. The number of Topliss-reactive ketones (excluding diaryl/α,β-unsaturated/α-hetero) is 1. The number of benzene rings is 3. The number of carbonyl (C=O) groups is 2. The minimum Gasteiger partial charge on any atom is -0.309 e. The molecular weight excluding hydrogens is 761 g/mol. The Labute approximate surface area is 255 Å². The molecule has 44 heavy (non-hydrogen) atoms. The molecule has 0 spiro atoms. The summed E-state index contributed by atoms with van der Waals surface area (Å²) in [6, 6.07) is 6.24. The molecular formula is C26H14F12INO3S. The number of nitrogens with zero attached hydrogens (tertiary/aromatic N) is 1. The van der Waals surface area contributed by atoms with Gasteiger partial charge in [-0.15, -0.1) is 0 Å². The van der Waals surface area contributed by atoms with Crippen LogP contribution < -0.4 is 4.90 Å². The average molecular weight is 775 g/mol. The van der Waals surface area contributed by atoms with Gasteiger partial charge in [-0.1, -0.05) is 6.07 Å². The number of carbonyl (C=O) groups excluding carboxylic acids is 2. The second-order valence-electron chi connectivity index (χ2n) is 8.91. The van der Waals surface area contributed by atoms with E-state index in [1.54, 1.807) is 0 Å². The summed E-state index contributed by atoms with van der Waals surface area (Å²) in [5.41, 5.74) is -16.9. The molecule has 0 aliphatic heterocycles. The third-order valence-electron chi connectivity index (χ3n) is 6.12. The van der Waals surface area contributed by atoms with Crippen molar-refractivity contribution in [1.82, 2.24) is 0 Å². The van der Waals surface area contributed by atoms with Gasteiger partial charge >= 0.3 is 23.5 Å². The Morgan fingerprint density at radius 1 is 0.841 bits per heavy atom. The van der Waals surface area contributed by atoms with Gasteiger partial charge in [0.15, 0.2) is 22.4 Å². The van der Waals surface area contributed by atoms with Gasteiger partial charge in [-0.3, -0.25) is 9.59 Å². The molecule has 4 nitrogen and oxygen atoms in total. The van der Waals surface area contributed by atoms with Gasteiger partial charge in [-0.2, -0.15) is 39.5 Å². The molecule has 0 radical (unpaired) electrons. The molecule has 0 fully saturated rings. The molecule has 0 saturated heterocycles. The fourth-order valence-electron chi connectivity index (χ4n) is 3.91. The third kappa shape index (κ3) is 6.74. The lowest BCUT2D eigenvalue weighted by Gasteiger charge is -2.31. The molecule has 0 bridgehead atoms. The van der Waals surface area contributed by atoms with Crippen molar-refractivity contribution in [2.24, 2.45) is 0 Å². The van der Waals surface area contributed by atoms with E-state index in [2.05, 4.69) is 0 Å².